The highest BCUT2D eigenvalue weighted by Crippen LogP contribution is 2.27. The van der Waals surface area contributed by atoms with E-state index in [0.717, 1.165) is 10.6 Å². The molecule has 2 aromatic rings. The molecule has 0 saturated carbocycles. The lowest BCUT2D eigenvalue weighted by Crippen LogP contribution is -2.32. The van der Waals surface area contributed by atoms with E-state index in [2.05, 4.69) is 5.32 Å². The molecule has 10 heteroatoms. The van der Waals surface area contributed by atoms with Crippen molar-refractivity contribution in [1.29, 1.82) is 0 Å². The van der Waals surface area contributed by atoms with Crippen molar-refractivity contribution < 1.29 is 32.2 Å². The number of rotatable bonds is 9. The van der Waals surface area contributed by atoms with Gasteiger partial charge in [0.05, 0.1) is 37.4 Å². The summed E-state index contributed by atoms with van der Waals surface area (Å²) in [7, 11) is 0.787. The highest BCUT2D eigenvalue weighted by molar-refractivity contribution is 7.92. The smallest absolute Gasteiger partial charge is 0.337 e. The Hall–Kier alpha value is -3.27. The average molecular weight is 451 g/mol. The van der Waals surface area contributed by atoms with Crippen LogP contribution in [0.4, 0.5) is 11.4 Å². The van der Waals surface area contributed by atoms with E-state index in [0.29, 0.717) is 29.3 Å². The number of nitrogens with one attached hydrogen (secondary N) is 1. The van der Waals surface area contributed by atoms with Gasteiger partial charge in [0.15, 0.2) is 6.10 Å². The van der Waals surface area contributed by atoms with Gasteiger partial charge in [-0.25, -0.2) is 13.2 Å². The normalized spacial score (nSPS) is 11.9. The molecule has 0 heterocycles. The van der Waals surface area contributed by atoms with Crippen LogP contribution in [-0.2, 0) is 19.6 Å². The monoisotopic (exact) mass is 450 g/mol. The molecule has 1 amide bonds. The van der Waals surface area contributed by atoms with Crippen LogP contribution in [0.5, 0.6) is 11.5 Å². The summed E-state index contributed by atoms with van der Waals surface area (Å²) >= 11 is 0. The minimum atomic E-state index is -3.38. The summed E-state index contributed by atoms with van der Waals surface area (Å²) in [6.45, 7) is 1.79. The molecule has 31 heavy (non-hydrogen) atoms. The van der Waals surface area contributed by atoms with Crippen molar-refractivity contribution in [1.82, 2.24) is 0 Å². The van der Waals surface area contributed by atoms with Crippen LogP contribution in [0.25, 0.3) is 0 Å². The molecule has 1 atom stereocenters. The highest BCUT2D eigenvalue weighted by atomic mass is 32.2. The number of benzene rings is 2. The van der Waals surface area contributed by atoms with Crippen molar-refractivity contribution in [3.8, 4) is 11.5 Å². The van der Waals surface area contributed by atoms with Gasteiger partial charge in [-0.05, 0) is 48.9 Å². The standard InChI is InChI=1S/C21H26N2O7S/c1-6-18(30-16-10-8-15(9-11-16)23(2)31(5,26)27)20(24)22-17-13-14(21(25)29-4)7-12-19(17)28-3/h7-13,18H,6H2,1-5H3,(H,22,24)/t18-/m0/s1. The van der Waals surface area contributed by atoms with Crippen LogP contribution in [0, 0.1) is 0 Å². The molecule has 2 rings (SSSR count). The quantitative estimate of drug-likeness (QED) is 0.585. The number of esters is 1. The number of nitrogens with zero attached hydrogens (tertiary/aromatic N) is 1. The molecule has 0 unspecified atom stereocenters. The Balaban J connectivity index is 2.16. The zero-order valence-corrected chi connectivity index (χ0v) is 18.9. The van der Waals surface area contributed by atoms with Crippen LogP contribution in [-0.4, -0.2) is 53.9 Å². The van der Waals surface area contributed by atoms with E-state index in [4.69, 9.17) is 14.2 Å². The molecule has 1 N–H and O–H groups in total. The maximum Gasteiger partial charge on any atom is 0.337 e. The first kappa shape index (κ1) is 24.0. The summed E-state index contributed by atoms with van der Waals surface area (Å²) in [5, 5.41) is 2.72. The van der Waals surface area contributed by atoms with Gasteiger partial charge in [0.2, 0.25) is 10.0 Å². The number of hydrogen-bond acceptors (Lipinski definition) is 7. The van der Waals surface area contributed by atoms with E-state index < -0.39 is 28.0 Å². The second-order valence-corrected chi connectivity index (χ2v) is 8.65. The van der Waals surface area contributed by atoms with E-state index in [9.17, 15) is 18.0 Å². The first-order chi connectivity index (χ1) is 14.6. The number of carbonyl (C=O) groups is 2. The Bertz CT molecular complexity index is 1040. The molecule has 9 nitrogen and oxygen atoms in total. The van der Waals surface area contributed by atoms with Crippen LogP contribution >= 0.6 is 0 Å². The number of hydrogen-bond donors (Lipinski definition) is 1. The molecule has 0 saturated heterocycles. The van der Waals surface area contributed by atoms with Gasteiger partial charge >= 0.3 is 5.97 Å². The van der Waals surface area contributed by atoms with Crippen molar-refractivity contribution in [3.63, 3.8) is 0 Å². The van der Waals surface area contributed by atoms with Crippen LogP contribution in [0.1, 0.15) is 23.7 Å². The van der Waals surface area contributed by atoms with Gasteiger partial charge in [0.1, 0.15) is 11.5 Å². The minimum Gasteiger partial charge on any atom is -0.495 e. The van der Waals surface area contributed by atoms with Crippen molar-refractivity contribution >= 4 is 33.3 Å². The van der Waals surface area contributed by atoms with E-state index in [1.807, 2.05) is 0 Å². The van der Waals surface area contributed by atoms with E-state index in [-0.39, 0.29) is 5.56 Å². The topological polar surface area (TPSA) is 111 Å². The Morgan fingerprint density at radius 3 is 2.26 bits per heavy atom. The maximum atomic E-state index is 12.8. The molecule has 168 valence electrons. The average Bonchev–Trinajstić information content (AvgIpc) is 2.76. The van der Waals surface area contributed by atoms with Gasteiger partial charge < -0.3 is 19.5 Å². The second-order valence-electron chi connectivity index (χ2n) is 6.64. The zero-order chi connectivity index (χ0) is 23.2. The molecule has 0 aromatic heterocycles. The van der Waals surface area contributed by atoms with Gasteiger partial charge in [0.25, 0.3) is 5.91 Å². The molecule has 0 bridgehead atoms. The number of methoxy groups -OCH3 is 2. The molecule has 0 aliphatic heterocycles. The molecule has 0 aliphatic carbocycles. The third kappa shape index (κ3) is 6.11. The van der Waals surface area contributed by atoms with Gasteiger partial charge in [-0.3, -0.25) is 9.10 Å². The largest absolute Gasteiger partial charge is 0.495 e. The molecular formula is C21H26N2O7S. The minimum absolute atomic E-state index is 0.262. The maximum absolute atomic E-state index is 12.8. The highest BCUT2D eigenvalue weighted by Gasteiger charge is 2.21. The summed E-state index contributed by atoms with van der Waals surface area (Å²) in [5.74, 6) is -0.187. The van der Waals surface area contributed by atoms with E-state index in [1.165, 1.54) is 33.4 Å². The fourth-order valence-electron chi connectivity index (χ4n) is 2.68. The Morgan fingerprint density at radius 1 is 1.10 bits per heavy atom. The van der Waals surface area contributed by atoms with Gasteiger partial charge in [-0.1, -0.05) is 6.92 Å². The third-order valence-corrected chi connectivity index (χ3v) is 5.72. The summed E-state index contributed by atoms with van der Waals surface area (Å²) in [5.41, 5.74) is 1.04. The van der Waals surface area contributed by atoms with Crippen LogP contribution in [0.3, 0.4) is 0 Å². The zero-order valence-electron chi connectivity index (χ0n) is 18.0. The lowest BCUT2D eigenvalue weighted by molar-refractivity contribution is -0.122. The number of carbonyl (C=O) groups excluding carboxylic acids is 2. The van der Waals surface area contributed by atoms with E-state index in [1.54, 1.807) is 37.3 Å². The first-order valence-corrected chi connectivity index (χ1v) is 11.2. The Kier molecular flexibility index (Phi) is 7.87. The summed E-state index contributed by atoms with van der Waals surface area (Å²) < 4.78 is 40.2. The fraction of sp³-hybridized carbons (Fsp3) is 0.333. The number of amides is 1. The summed E-state index contributed by atoms with van der Waals surface area (Å²) in [6, 6.07) is 10.9. The SMILES string of the molecule is CC[C@H](Oc1ccc(N(C)S(C)(=O)=O)cc1)C(=O)Nc1cc(C(=O)OC)ccc1OC. The summed E-state index contributed by atoms with van der Waals surface area (Å²) in [6.07, 6.45) is 0.652. The predicted octanol–water partition coefficient (Wildman–Crippen LogP) is 2.67. The van der Waals surface area contributed by atoms with Crippen LogP contribution in [0.15, 0.2) is 42.5 Å². The molecular weight excluding hydrogens is 424 g/mol. The van der Waals surface area contributed by atoms with Crippen molar-refractivity contribution in [2.45, 2.75) is 19.4 Å². The van der Waals surface area contributed by atoms with Gasteiger partial charge in [-0.2, -0.15) is 0 Å². The number of ether oxygens (including phenoxy) is 3. The molecule has 0 fully saturated rings. The third-order valence-electron chi connectivity index (χ3n) is 4.52. The lowest BCUT2D eigenvalue weighted by Gasteiger charge is -2.20. The summed E-state index contributed by atoms with van der Waals surface area (Å²) in [4.78, 5) is 24.6. The Labute approximate surface area is 182 Å². The Morgan fingerprint density at radius 2 is 1.74 bits per heavy atom. The molecule has 0 radical (unpaired) electrons. The first-order valence-electron chi connectivity index (χ1n) is 9.38. The van der Waals surface area contributed by atoms with Gasteiger partial charge in [-0.15, -0.1) is 0 Å². The van der Waals surface area contributed by atoms with E-state index >= 15 is 0 Å². The molecule has 0 spiro atoms. The second kappa shape index (κ2) is 10.2. The number of anilines is 2. The number of sulfonamides is 1. The van der Waals surface area contributed by atoms with Crippen molar-refractivity contribution in [3.05, 3.63) is 48.0 Å². The van der Waals surface area contributed by atoms with Gasteiger partial charge in [0, 0.05) is 7.05 Å². The predicted molar refractivity (Wildman–Crippen MR) is 117 cm³/mol. The van der Waals surface area contributed by atoms with Crippen LogP contribution in [0.2, 0.25) is 0 Å². The fourth-order valence-corrected chi connectivity index (χ4v) is 3.18. The van der Waals surface area contributed by atoms with Crippen LogP contribution < -0.4 is 19.1 Å². The van der Waals surface area contributed by atoms with Crippen molar-refractivity contribution in [2.75, 3.05) is 37.1 Å². The lowest BCUT2D eigenvalue weighted by atomic mass is 10.1. The molecule has 2 aromatic carbocycles. The van der Waals surface area contributed by atoms with Crippen molar-refractivity contribution in [2.24, 2.45) is 0 Å². The molecule has 0 aliphatic rings.